The van der Waals surface area contributed by atoms with Gasteiger partial charge in [-0.25, -0.2) is 0 Å². The lowest BCUT2D eigenvalue weighted by molar-refractivity contribution is -0.140. The van der Waals surface area contributed by atoms with E-state index in [0.29, 0.717) is 29.5 Å². The van der Waals surface area contributed by atoms with Gasteiger partial charge in [0.15, 0.2) is 0 Å². The second-order valence-corrected chi connectivity index (χ2v) is 7.46. The van der Waals surface area contributed by atoms with Crippen LogP contribution >= 0.6 is 0 Å². The summed E-state index contributed by atoms with van der Waals surface area (Å²) in [6.45, 7) is 7.10. The van der Waals surface area contributed by atoms with Crippen molar-refractivity contribution in [2.24, 2.45) is 11.1 Å². The summed E-state index contributed by atoms with van der Waals surface area (Å²) in [6.07, 6.45) is 3.31. The molecule has 1 atom stereocenters. The number of primary amides is 1. The van der Waals surface area contributed by atoms with Crippen LogP contribution in [0.5, 0.6) is 0 Å². The number of nitrogens with zero attached hydrogens (tertiary/aromatic N) is 3. The topological polar surface area (TPSA) is 118 Å². The highest BCUT2D eigenvalue weighted by molar-refractivity contribution is 5.93. The maximum absolute atomic E-state index is 12.5. The quantitative estimate of drug-likeness (QED) is 0.881. The van der Waals surface area contributed by atoms with Crippen molar-refractivity contribution in [1.82, 2.24) is 20.0 Å². The number of carbonyl (C=O) groups excluding carboxylic acids is 2. The number of carbonyl (C=O) groups is 2. The predicted octanol–water partition coefficient (Wildman–Crippen LogP) is 1.92. The second-order valence-electron chi connectivity index (χ2n) is 7.46. The van der Waals surface area contributed by atoms with Crippen molar-refractivity contribution in [3.63, 3.8) is 0 Å². The van der Waals surface area contributed by atoms with Gasteiger partial charge < -0.3 is 20.1 Å². The fraction of sp³-hybridized carbons (Fsp3) is 0.529. The second kappa shape index (κ2) is 6.34. The van der Waals surface area contributed by atoms with Crippen LogP contribution in [0.15, 0.2) is 16.8 Å². The fourth-order valence-electron chi connectivity index (χ4n) is 3.01. The first-order valence-corrected chi connectivity index (χ1v) is 8.37. The highest BCUT2D eigenvalue weighted by Gasteiger charge is 2.33. The van der Waals surface area contributed by atoms with Gasteiger partial charge in [0.05, 0.1) is 17.2 Å². The number of hydrogen-bond acceptors (Lipinski definition) is 5. The Kier molecular flexibility index (Phi) is 4.36. The van der Waals surface area contributed by atoms with Crippen molar-refractivity contribution in [2.45, 2.75) is 39.5 Å². The maximum atomic E-state index is 12.5. The summed E-state index contributed by atoms with van der Waals surface area (Å²) in [7, 11) is 0. The summed E-state index contributed by atoms with van der Waals surface area (Å²) < 4.78 is 5.41. The number of nitrogens with one attached hydrogen (secondary N) is 1. The van der Waals surface area contributed by atoms with Crippen LogP contribution < -0.4 is 5.73 Å². The molecule has 2 aromatic heterocycles. The van der Waals surface area contributed by atoms with Gasteiger partial charge >= 0.3 is 0 Å². The molecular weight excluding hydrogens is 322 g/mol. The molecule has 1 aliphatic heterocycles. The molecule has 0 spiro atoms. The Bertz CT molecular complexity index is 786. The van der Waals surface area contributed by atoms with Crippen LogP contribution in [0.1, 0.15) is 55.8 Å². The summed E-state index contributed by atoms with van der Waals surface area (Å²) in [5.74, 6) is 0.521. The van der Waals surface area contributed by atoms with Gasteiger partial charge in [-0.1, -0.05) is 25.9 Å². The number of piperidine rings is 1. The molecule has 8 heteroatoms. The minimum absolute atomic E-state index is 0.0203. The van der Waals surface area contributed by atoms with E-state index in [0.717, 1.165) is 19.4 Å². The molecule has 8 nitrogen and oxygen atoms in total. The van der Waals surface area contributed by atoms with Crippen LogP contribution in [0, 0.1) is 5.41 Å². The average molecular weight is 345 g/mol. The molecule has 2 amide bonds. The lowest BCUT2D eigenvalue weighted by Crippen LogP contribution is -2.44. The van der Waals surface area contributed by atoms with E-state index < -0.39 is 11.3 Å². The highest BCUT2D eigenvalue weighted by atomic mass is 16.5. The van der Waals surface area contributed by atoms with Crippen LogP contribution in [-0.4, -0.2) is 44.9 Å². The smallest absolute Gasteiger partial charge is 0.250 e. The normalized spacial score (nSPS) is 18.4. The molecule has 0 bridgehead atoms. The van der Waals surface area contributed by atoms with Gasteiger partial charge in [-0.15, -0.1) is 0 Å². The Morgan fingerprint density at radius 3 is 2.80 bits per heavy atom. The number of likely N-dealkylation sites (tertiary alicyclic amines) is 1. The van der Waals surface area contributed by atoms with Gasteiger partial charge in [-0.05, 0) is 18.9 Å². The predicted molar refractivity (Wildman–Crippen MR) is 90.6 cm³/mol. The van der Waals surface area contributed by atoms with Crippen molar-refractivity contribution in [1.29, 1.82) is 0 Å². The first-order chi connectivity index (χ1) is 11.8. The third kappa shape index (κ3) is 3.57. The molecule has 0 radical (unpaired) electrons. The number of nitrogens with two attached hydrogens (primary N) is 1. The molecule has 134 valence electrons. The van der Waals surface area contributed by atoms with Crippen LogP contribution in [0.4, 0.5) is 0 Å². The van der Waals surface area contributed by atoms with Gasteiger partial charge in [0.2, 0.25) is 23.5 Å². The van der Waals surface area contributed by atoms with Gasteiger partial charge in [-0.2, -0.15) is 4.98 Å². The SMILES string of the molecule is CC(C)(C)C(=O)N1CCCC(c2nc(-c3cc(C(N)=O)c[nH]3)no2)C1. The molecule has 3 rings (SSSR count). The van der Waals surface area contributed by atoms with E-state index in [-0.39, 0.29) is 11.8 Å². The molecule has 0 aromatic carbocycles. The van der Waals surface area contributed by atoms with Crippen molar-refractivity contribution >= 4 is 11.8 Å². The average Bonchev–Trinajstić information content (AvgIpc) is 3.22. The van der Waals surface area contributed by atoms with E-state index in [4.69, 9.17) is 10.3 Å². The number of hydrogen-bond donors (Lipinski definition) is 2. The van der Waals surface area contributed by atoms with E-state index in [1.54, 1.807) is 6.07 Å². The molecular formula is C17H23N5O3. The fourth-order valence-corrected chi connectivity index (χ4v) is 3.01. The Morgan fingerprint density at radius 1 is 1.40 bits per heavy atom. The van der Waals surface area contributed by atoms with Gasteiger partial charge in [-0.3, -0.25) is 9.59 Å². The molecule has 1 unspecified atom stereocenters. The maximum Gasteiger partial charge on any atom is 0.250 e. The van der Waals surface area contributed by atoms with E-state index >= 15 is 0 Å². The number of H-pyrrole nitrogens is 1. The zero-order chi connectivity index (χ0) is 18.2. The lowest BCUT2D eigenvalue weighted by atomic mass is 9.91. The highest BCUT2D eigenvalue weighted by Crippen LogP contribution is 2.30. The Morgan fingerprint density at radius 2 is 2.16 bits per heavy atom. The third-order valence-corrected chi connectivity index (χ3v) is 4.35. The van der Waals surface area contributed by atoms with Crippen LogP contribution in [0.3, 0.4) is 0 Å². The number of aromatic amines is 1. The molecule has 3 N–H and O–H groups in total. The standard InChI is InChI=1S/C17H23N5O3/c1-17(2,3)16(24)22-6-4-5-10(9-22)15-20-14(21-25-15)12-7-11(8-19-12)13(18)23/h7-8,10,19H,4-6,9H2,1-3H3,(H2,18,23). The monoisotopic (exact) mass is 345 g/mol. The number of amides is 2. The lowest BCUT2D eigenvalue weighted by Gasteiger charge is -2.35. The van der Waals surface area contributed by atoms with E-state index in [9.17, 15) is 9.59 Å². The summed E-state index contributed by atoms with van der Waals surface area (Å²) in [6, 6.07) is 1.59. The van der Waals surface area contributed by atoms with Crippen molar-refractivity contribution < 1.29 is 14.1 Å². The third-order valence-electron chi connectivity index (χ3n) is 4.35. The zero-order valence-electron chi connectivity index (χ0n) is 14.7. The van der Waals surface area contributed by atoms with E-state index in [2.05, 4.69) is 15.1 Å². The van der Waals surface area contributed by atoms with Crippen molar-refractivity contribution in [3.8, 4) is 11.5 Å². The molecule has 0 saturated carbocycles. The summed E-state index contributed by atoms with van der Waals surface area (Å²) in [5, 5.41) is 3.98. The number of rotatable bonds is 3. The van der Waals surface area contributed by atoms with Crippen LogP contribution in [-0.2, 0) is 4.79 Å². The Labute approximate surface area is 145 Å². The minimum Gasteiger partial charge on any atom is -0.366 e. The van der Waals surface area contributed by atoms with Crippen molar-refractivity contribution in [2.75, 3.05) is 13.1 Å². The van der Waals surface area contributed by atoms with Crippen LogP contribution in [0.25, 0.3) is 11.5 Å². The first kappa shape index (κ1) is 17.2. The van der Waals surface area contributed by atoms with Gasteiger partial charge in [0.25, 0.3) is 0 Å². The molecule has 1 saturated heterocycles. The molecule has 1 fully saturated rings. The first-order valence-electron chi connectivity index (χ1n) is 8.37. The Balaban J connectivity index is 1.75. The van der Waals surface area contributed by atoms with E-state index in [1.807, 2.05) is 25.7 Å². The zero-order valence-corrected chi connectivity index (χ0v) is 14.7. The van der Waals surface area contributed by atoms with E-state index in [1.165, 1.54) is 6.20 Å². The summed E-state index contributed by atoms with van der Waals surface area (Å²) in [5.41, 5.74) is 5.77. The Hall–Kier alpha value is -2.64. The summed E-state index contributed by atoms with van der Waals surface area (Å²) >= 11 is 0. The minimum atomic E-state index is -0.519. The molecule has 3 heterocycles. The van der Waals surface area contributed by atoms with Crippen molar-refractivity contribution in [3.05, 3.63) is 23.7 Å². The largest absolute Gasteiger partial charge is 0.366 e. The summed E-state index contributed by atoms with van der Waals surface area (Å²) in [4.78, 5) is 32.9. The molecule has 25 heavy (non-hydrogen) atoms. The molecule has 1 aliphatic rings. The van der Waals surface area contributed by atoms with Gasteiger partial charge in [0, 0.05) is 24.7 Å². The molecule has 2 aromatic rings. The van der Waals surface area contributed by atoms with Gasteiger partial charge in [0.1, 0.15) is 0 Å². The molecule has 0 aliphatic carbocycles. The number of aromatic nitrogens is 3. The van der Waals surface area contributed by atoms with Crippen LogP contribution in [0.2, 0.25) is 0 Å².